The Labute approximate surface area is 139 Å². The predicted octanol–water partition coefficient (Wildman–Crippen LogP) is 3.19. The normalized spacial score (nSPS) is 13.3. The van der Waals surface area contributed by atoms with Crippen molar-refractivity contribution in [2.24, 2.45) is 5.41 Å². The smallest absolute Gasteiger partial charge is 0.278 e. The fourth-order valence-corrected chi connectivity index (χ4v) is 3.64. The minimum absolute atomic E-state index is 0.0265. The van der Waals surface area contributed by atoms with Crippen LogP contribution in [0.4, 0.5) is 0 Å². The minimum Gasteiger partial charge on any atom is -0.290 e. The van der Waals surface area contributed by atoms with E-state index in [1.165, 1.54) is 9.56 Å². The van der Waals surface area contributed by atoms with Crippen molar-refractivity contribution in [3.8, 4) is 0 Å². The summed E-state index contributed by atoms with van der Waals surface area (Å²) in [6.45, 7) is 6.87. The molecule has 2 aromatic heterocycles. The number of nitrogens with zero attached hydrogens (tertiary/aromatic N) is 3. The molecular formula is C17H20N4OS. The standard InChI is InChI=1S/C17H20N4OS/c1-17(2,3)15(14-9-6-10-23-14)18-11-21-16(22)12-7-4-5-8-13(12)19-20-21/h4-10,15,18H,11H2,1-3H3. The van der Waals surface area contributed by atoms with E-state index in [0.29, 0.717) is 17.6 Å². The van der Waals surface area contributed by atoms with Gasteiger partial charge in [-0.05, 0) is 29.0 Å². The summed E-state index contributed by atoms with van der Waals surface area (Å²) in [4.78, 5) is 13.7. The summed E-state index contributed by atoms with van der Waals surface area (Å²) >= 11 is 1.71. The molecule has 0 aliphatic carbocycles. The zero-order valence-corrected chi connectivity index (χ0v) is 14.3. The maximum absolute atomic E-state index is 12.5. The molecule has 0 radical (unpaired) electrons. The van der Waals surface area contributed by atoms with Gasteiger partial charge in [0.15, 0.2) is 0 Å². The predicted molar refractivity (Wildman–Crippen MR) is 93.4 cm³/mol. The van der Waals surface area contributed by atoms with Crippen molar-refractivity contribution >= 4 is 22.2 Å². The fourth-order valence-electron chi connectivity index (χ4n) is 2.59. The van der Waals surface area contributed by atoms with Crippen molar-refractivity contribution in [2.75, 3.05) is 0 Å². The summed E-state index contributed by atoms with van der Waals surface area (Å²) in [5.74, 6) is 0. The Morgan fingerprint density at radius 3 is 2.70 bits per heavy atom. The first-order valence-corrected chi connectivity index (χ1v) is 8.44. The number of benzene rings is 1. The summed E-state index contributed by atoms with van der Waals surface area (Å²) in [6, 6.07) is 11.6. The van der Waals surface area contributed by atoms with Crippen LogP contribution in [0.1, 0.15) is 31.7 Å². The van der Waals surface area contributed by atoms with E-state index in [-0.39, 0.29) is 17.0 Å². The van der Waals surface area contributed by atoms with E-state index in [1.54, 1.807) is 23.5 Å². The first-order valence-electron chi connectivity index (χ1n) is 7.56. The molecule has 1 atom stereocenters. The summed E-state index contributed by atoms with van der Waals surface area (Å²) in [5.41, 5.74) is 0.528. The molecule has 1 unspecified atom stereocenters. The second-order valence-electron chi connectivity index (χ2n) is 6.59. The molecule has 6 heteroatoms. The number of aromatic nitrogens is 3. The quantitative estimate of drug-likeness (QED) is 0.799. The molecular weight excluding hydrogens is 308 g/mol. The highest BCUT2D eigenvalue weighted by atomic mass is 32.1. The first-order chi connectivity index (χ1) is 11.0. The van der Waals surface area contributed by atoms with E-state index in [0.717, 1.165) is 0 Å². The van der Waals surface area contributed by atoms with E-state index < -0.39 is 0 Å². The lowest BCUT2D eigenvalue weighted by Gasteiger charge is -2.31. The SMILES string of the molecule is CC(C)(C)C(NCn1nnc2ccccc2c1=O)c1cccs1. The number of hydrogen-bond donors (Lipinski definition) is 1. The summed E-state index contributed by atoms with van der Waals surface area (Å²) in [7, 11) is 0. The van der Waals surface area contributed by atoms with Gasteiger partial charge in [-0.1, -0.05) is 44.2 Å². The van der Waals surface area contributed by atoms with Crippen LogP contribution >= 0.6 is 11.3 Å². The van der Waals surface area contributed by atoms with Crippen LogP contribution in [0.3, 0.4) is 0 Å². The molecule has 0 aliphatic rings. The second kappa shape index (κ2) is 6.22. The zero-order chi connectivity index (χ0) is 16.4. The third kappa shape index (κ3) is 3.33. The third-order valence-electron chi connectivity index (χ3n) is 3.77. The number of fused-ring (bicyclic) bond motifs is 1. The highest BCUT2D eigenvalue weighted by molar-refractivity contribution is 7.10. The van der Waals surface area contributed by atoms with E-state index in [2.05, 4.69) is 47.8 Å². The Balaban J connectivity index is 1.87. The number of thiophene rings is 1. The zero-order valence-electron chi connectivity index (χ0n) is 13.5. The molecule has 23 heavy (non-hydrogen) atoms. The topological polar surface area (TPSA) is 59.8 Å². The molecule has 0 aliphatic heterocycles. The second-order valence-corrected chi connectivity index (χ2v) is 7.57. The van der Waals surface area contributed by atoms with E-state index >= 15 is 0 Å². The third-order valence-corrected chi connectivity index (χ3v) is 4.71. The van der Waals surface area contributed by atoms with Crippen LogP contribution in [0.25, 0.3) is 10.9 Å². The lowest BCUT2D eigenvalue weighted by Crippen LogP contribution is -2.37. The average Bonchev–Trinajstić information content (AvgIpc) is 3.02. The molecule has 5 nitrogen and oxygen atoms in total. The van der Waals surface area contributed by atoms with Crippen molar-refractivity contribution in [3.63, 3.8) is 0 Å². The molecule has 0 fully saturated rings. The van der Waals surface area contributed by atoms with Crippen molar-refractivity contribution < 1.29 is 0 Å². The van der Waals surface area contributed by atoms with Crippen LogP contribution in [-0.2, 0) is 6.67 Å². The van der Waals surface area contributed by atoms with Crippen LogP contribution in [-0.4, -0.2) is 15.0 Å². The van der Waals surface area contributed by atoms with Crippen molar-refractivity contribution in [2.45, 2.75) is 33.5 Å². The fraction of sp³-hybridized carbons (Fsp3) is 0.353. The first kappa shape index (κ1) is 15.8. The molecule has 0 bridgehead atoms. The Kier molecular flexibility index (Phi) is 4.28. The molecule has 0 spiro atoms. The molecule has 1 aromatic carbocycles. The van der Waals surface area contributed by atoms with E-state index in [4.69, 9.17) is 0 Å². The monoisotopic (exact) mass is 328 g/mol. The Bertz CT molecular complexity index is 849. The molecule has 0 saturated carbocycles. The van der Waals surface area contributed by atoms with Gasteiger partial charge in [-0.2, -0.15) is 4.68 Å². The van der Waals surface area contributed by atoms with E-state index in [1.807, 2.05) is 18.2 Å². The summed E-state index contributed by atoms with van der Waals surface area (Å²) in [5, 5.41) is 14.3. The van der Waals surface area contributed by atoms with Gasteiger partial charge < -0.3 is 0 Å². The average molecular weight is 328 g/mol. The van der Waals surface area contributed by atoms with Gasteiger partial charge in [-0.25, -0.2) is 0 Å². The maximum atomic E-state index is 12.5. The Morgan fingerprint density at radius 1 is 1.22 bits per heavy atom. The molecule has 2 heterocycles. The molecule has 0 saturated heterocycles. The Morgan fingerprint density at radius 2 is 2.00 bits per heavy atom. The van der Waals surface area contributed by atoms with Gasteiger partial charge in [-0.15, -0.1) is 16.4 Å². The van der Waals surface area contributed by atoms with Gasteiger partial charge in [0, 0.05) is 10.9 Å². The number of rotatable bonds is 4. The van der Waals surface area contributed by atoms with E-state index in [9.17, 15) is 4.79 Å². The highest BCUT2D eigenvalue weighted by Crippen LogP contribution is 2.34. The van der Waals surface area contributed by atoms with Crippen LogP contribution in [0.5, 0.6) is 0 Å². The molecule has 3 aromatic rings. The minimum atomic E-state index is -0.123. The number of hydrogen-bond acceptors (Lipinski definition) is 5. The molecule has 120 valence electrons. The van der Waals surface area contributed by atoms with Crippen LogP contribution in [0.2, 0.25) is 0 Å². The van der Waals surface area contributed by atoms with Crippen LogP contribution in [0, 0.1) is 5.41 Å². The van der Waals surface area contributed by atoms with Gasteiger partial charge in [0.1, 0.15) is 5.52 Å². The van der Waals surface area contributed by atoms with Crippen molar-refractivity contribution in [1.82, 2.24) is 20.3 Å². The number of nitrogens with one attached hydrogen (secondary N) is 1. The van der Waals surface area contributed by atoms with Crippen molar-refractivity contribution in [1.29, 1.82) is 0 Å². The molecule has 3 rings (SSSR count). The van der Waals surface area contributed by atoms with Crippen LogP contribution < -0.4 is 10.9 Å². The van der Waals surface area contributed by atoms with Gasteiger partial charge in [0.05, 0.1) is 12.1 Å². The van der Waals surface area contributed by atoms with Gasteiger partial charge in [0.25, 0.3) is 5.56 Å². The summed E-state index contributed by atoms with van der Waals surface area (Å²) < 4.78 is 1.38. The largest absolute Gasteiger partial charge is 0.290 e. The molecule has 1 N–H and O–H groups in total. The van der Waals surface area contributed by atoms with Crippen LogP contribution in [0.15, 0.2) is 46.6 Å². The Hall–Kier alpha value is -2.05. The lowest BCUT2D eigenvalue weighted by molar-refractivity contribution is 0.252. The lowest BCUT2D eigenvalue weighted by atomic mass is 9.86. The highest BCUT2D eigenvalue weighted by Gasteiger charge is 2.26. The van der Waals surface area contributed by atoms with Gasteiger partial charge >= 0.3 is 0 Å². The van der Waals surface area contributed by atoms with Gasteiger partial charge in [-0.3, -0.25) is 10.1 Å². The molecule has 0 amide bonds. The van der Waals surface area contributed by atoms with Gasteiger partial charge in [0.2, 0.25) is 0 Å². The maximum Gasteiger partial charge on any atom is 0.278 e. The van der Waals surface area contributed by atoms with Crippen molar-refractivity contribution in [3.05, 3.63) is 57.0 Å². The summed E-state index contributed by atoms with van der Waals surface area (Å²) in [6.07, 6.45) is 0.